The van der Waals surface area contributed by atoms with Crippen LogP contribution in [0.4, 0.5) is 14.5 Å². The number of halogens is 2. The lowest BCUT2D eigenvalue weighted by Gasteiger charge is -2.48. The van der Waals surface area contributed by atoms with Crippen LogP contribution in [0.25, 0.3) is 10.1 Å². The number of pyridine rings is 1. The molecule has 1 aromatic carbocycles. The van der Waals surface area contributed by atoms with Crippen molar-refractivity contribution in [2.24, 2.45) is 11.8 Å². The molecule has 2 aromatic heterocycles. The van der Waals surface area contributed by atoms with Crippen molar-refractivity contribution in [1.82, 2.24) is 20.1 Å². The van der Waals surface area contributed by atoms with Crippen molar-refractivity contribution >= 4 is 52.4 Å². The molecule has 4 aliphatic heterocycles. The molecule has 4 saturated heterocycles. The van der Waals surface area contributed by atoms with Crippen LogP contribution in [0.5, 0.6) is 0 Å². The zero-order valence-electron chi connectivity index (χ0n) is 28.0. The van der Waals surface area contributed by atoms with Gasteiger partial charge in [-0.05, 0) is 79.2 Å². The van der Waals surface area contributed by atoms with Crippen LogP contribution in [0.1, 0.15) is 64.7 Å². The highest BCUT2D eigenvalue weighted by atomic mass is 32.1. The number of rotatable bonds is 9. The molecule has 0 radical (unpaired) electrons. The van der Waals surface area contributed by atoms with Gasteiger partial charge in [-0.1, -0.05) is 6.07 Å². The average Bonchev–Trinajstić information content (AvgIpc) is 3.42. The van der Waals surface area contributed by atoms with E-state index in [0.29, 0.717) is 47.9 Å². The Kier molecular flexibility index (Phi) is 8.73. The van der Waals surface area contributed by atoms with E-state index in [4.69, 9.17) is 4.74 Å². The second kappa shape index (κ2) is 12.9. The molecule has 0 unspecified atom stereocenters. The number of methoxy groups -OCH3 is 1. The molecule has 12 nitrogen and oxygen atoms in total. The first-order valence-corrected chi connectivity index (χ1v) is 19.8. The first kappa shape index (κ1) is 34.6. The van der Waals surface area contributed by atoms with Crippen LogP contribution in [0.3, 0.4) is 0 Å². The summed E-state index contributed by atoms with van der Waals surface area (Å²) >= 11 is 1.15. The maximum absolute atomic E-state index is 14.8. The third kappa shape index (κ3) is 6.45. The maximum Gasteiger partial charge on any atom is 0.363 e. The van der Waals surface area contributed by atoms with E-state index in [0.717, 1.165) is 41.9 Å². The predicted molar refractivity (Wildman–Crippen MR) is 185 cm³/mol. The van der Waals surface area contributed by atoms with E-state index in [9.17, 15) is 37.5 Å². The van der Waals surface area contributed by atoms with Gasteiger partial charge in [-0.3, -0.25) is 23.9 Å². The molecule has 3 aromatic rings. The standard InChI is InChI=1S/C35H40F2N5O7PS/c1-49-18-35(37)16-41(17-35)27-6-7-38-13-25(27)23-14-40(15-23)34(45)28-4-3-24-10-20-9-21(20)11-26(33(44)42(24)28)39-32(43)30-12-22-8-19(2-5-29(22)51-30)31(36)50(46,47)48/h2,5-8,12-13,20-21,23-24,26,28,31H,3-4,9-11,14-18H2,1H3,(H,39,43)(H2,46,47,48)/t20-,21+,24-,26+,28+,31+/m1/s1. The molecular weight excluding hydrogens is 703 g/mol. The molecule has 6 heterocycles. The lowest BCUT2D eigenvalue weighted by atomic mass is 9.88. The van der Waals surface area contributed by atoms with Crippen LogP contribution in [0, 0.1) is 11.8 Å². The smallest absolute Gasteiger partial charge is 0.363 e. The number of hydrogen-bond acceptors (Lipinski definition) is 8. The van der Waals surface area contributed by atoms with Crippen LogP contribution < -0.4 is 10.2 Å². The molecule has 3 amide bonds. The number of carbonyl (C=O) groups is 3. The monoisotopic (exact) mass is 743 g/mol. The van der Waals surface area contributed by atoms with Gasteiger partial charge in [-0.2, -0.15) is 0 Å². The molecular formula is C35H40F2N5O7PS. The SMILES string of the molecule is COCC1(F)CN(c2ccncc2C2CN(C(=O)[C@@H]3CC[C@@H]4C[C@H]5C[C@H]5C[C@H](NC(=O)c5cc6cc([C@@H](F)P(=O)(O)O)ccc6s5)C(=O)N43)C2)C1. The molecule has 8 rings (SSSR count). The minimum Gasteiger partial charge on any atom is -0.381 e. The fourth-order valence-electron chi connectivity index (χ4n) is 8.60. The predicted octanol–water partition coefficient (Wildman–Crippen LogP) is 4.13. The molecule has 5 aliphatic rings. The molecule has 3 N–H and O–H groups in total. The van der Waals surface area contributed by atoms with Gasteiger partial charge < -0.3 is 34.5 Å². The Morgan fingerprint density at radius 1 is 1.14 bits per heavy atom. The largest absolute Gasteiger partial charge is 0.381 e. The van der Waals surface area contributed by atoms with Crippen molar-refractivity contribution in [3.8, 4) is 0 Å². The van der Waals surface area contributed by atoms with E-state index in [1.54, 1.807) is 22.2 Å². The van der Waals surface area contributed by atoms with Gasteiger partial charge in [0, 0.05) is 60.5 Å². The number of alkyl halides is 2. The average molecular weight is 744 g/mol. The second-order valence-corrected chi connectivity index (χ2v) is 17.6. The zero-order valence-corrected chi connectivity index (χ0v) is 29.7. The van der Waals surface area contributed by atoms with Gasteiger partial charge in [0.25, 0.3) is 5.91 Å². The van der Waals surface area contributed by atoms with E-state index >= 15 is 0 Å². The zero-order chi connectivity index (χ0) is 35.8. The number of ether oxygens (including phenoxy) is 1. The Bertz CT molecular complexity index is 1930. The summed E-state index contributed by atoms with van der Waals surface area (Å²) in [7, 11) is -3.51. The highest BCUT2D eigenvalue weighted by Crippen LogP contribution is 2.53. The Morgan fingerprint density at radius 3 is 2.65 bits per heavy atom. The number of benzene rings is 1. The fourth-order valence-corrected chi connectivity index (χ4v) is 10.1. The van der Waals surface area contributed by atoms with Crippen molar-refractivity contribution in [2.45, 2.75) is 67.7 Å². The third-order valence-electron chi connectivity index (χ3n) is 11.3. The van der Waals surface area contributed by atoms with Crippen LogP contribution in [-0.2, 0) is 18.9 Å². The summed E-state index contributed by atoms with van der Waals surface area (Å²) in [6.45, 7) is 1.45. The number of aromatic nitrogens is 1. The molecule has 1 aliphatic carbocycles. The van der Waals surface area contributed by atoms with Gasteiger partial charge in [-0.25, -0.2) is 8.78 Å². The molecule has 1 saturated carbocycles. The topological polar surface area (TPSA) is 153 Å². The summed E-state index contributed by atoms with van der Waals surface area (Å²) in [5, 5.41) is 3.41. The molecule has 0 spiro atoms. The van der Waals surface area contributed by atoms with Gasteiger partial charge >= 0.3 is 7.60 Å². The number of anilines is 1. The van der Waals surface area contributed by atoms with Gasteiger partial charge in [0.05, 0.1) is 24.6 Å². The van der Waals surface area contributed by atoms with E-state index in [2.05, 4.69) is 10.3 Å². The number of likely N-dealkylation sites (tertiary alicyclic amines) is 1. The fraction of sp³-hybridized carbons (Fsp3) is 0.543. The van der Waals surface area contributed by atoms with Crippen LogP contribution in [0.2, 0.25) is 0 Å². The van der Waals surface area contributed by atoms with Crippen molar-refractivity contribution in [3.05, 3.63) is 58.7 Å². The molecule has 0 bridgehead atoms. The van der Waals surface area contributed by atoms with Crippen LogP contribution in [0.15, 0.2) is 42.7 Å². The Hall–Kier alpha value is -3.49. The van der Waals surface area contributed by atoms with Gasteiger partial charge in [-0.15, -0.1) is 11.3 Å². The molecule has 272 valence electrons. The second-order valence-electron chi connectivity index (χ2n) is 14.9. The minimum absolute atomic E-state index is 0.0386. The Labute approximate surface area is 297 Å². The quantitative estimate of drug-likeness (QED) is 0.275. The van der Waals surface area contributed by atoms with Gasteiger partial charge in [0.2, 0.25) is 17.7 Å². The number of nitrogens with zero attached hydrogens (tertiary/aromatic N) is 4. The van der Waals surface area contributed by atoms with Crippen molar-refractivity contribution in [1.29, 1.82) is 0 Å². The summed E-state index contributed by atoms with van der Waals surface area (Å²) in [4.78, 5) is 70.5. The Balaban J connectivity index is 0.948. The normalized spacial score (nSPS) is 27.9. The minimum atomic E-state index is -5.00. The summed E-state index contributed by atoms with van der Waals surface area (Å²) in [6, 6.07) is 6.05. The molecule has 5 fully saturated rings. The van der Waals surface area contributed by atoms with Crippen molar-refractivity contribution < 1.29 is 42.3 Å². The van der Waals surface area contributed by atoms with Gasteiger partial charge in [0.1, 0.15) is 12.1 Å². The summed E-state index contributed by atoms with van der Waals surface area (Å²) < 4.78 is 46.3. The number of fused-ring (bicyclic) bond motifs is 3. The van der Waals surface area contributed by atoms with Crippen LogP contribution in [-0.4, -0.2) is 106 Å². The lowest BCUT2D eigenvalue weighted by Crippen LogP contribution is -2.62. The number of nitrogens with one attached hydrogen (secondary N) is 1. The number of hydrogen-bond donors (Lipinski definition) is 3. The van der Waals surface area contributed by atoms with Crippen LogP contribution >= 0.6 is 18.9 Å². The molecule has 16 heteroatoms. The molecule has 6 atom stereocenters. The van der Waals surface area contributed by atoms with E-state index in [-0.39, 0.29) is 53.9 Å². The maximum atomic E-state index is 14.8. The first-order valence-electron chi connectivity index (χ1n) is 17.3. The number of amides is 3. The van der Waals surface area contributed by atoms with Gasteiger partial charge in [0.15, 0.2) is 5.67 Å². The summed E-state index contributed by atoms with van der Waals surface area (Å²) in [5.41, 5.74) is 0.322. The first-order chi connectivity index (χ1) is 24.3. The van der Waals surface area contributed by atoms with E-state index < -0.39 is 37.2 Å². The summed E-state index contributed by atoms with van der Waals surface area (Å²) in [6.07, 6.45) is 7.07. The number of carbonyl (C=O) groups excluding carboxylic acids is 3. The summed E-state index contributed by atoms with van der Waals surface area (Å²) in [5.74, 6) is -2.49. The highest BCUT2D eigenvalue weighted by molar-refractivity contribution is 7.51. The lowest BCUT2D eigenvalue weighted by molar-refractivity contribution is -0.149. The van der Waals surface area contributed by atoms with Crippen molar-refractivity contribution in [3.63, 3.8) is 0 Å². The molecule has 51 heavy (non-hydrogen) atoms. The van der Waals surface area contributed by atoms with Crippen molar-refractivity contribution in [2.75, 3.05) is 44.8 Å². The Morgan fingerprint density at radius 2 is 1.90 bits per heavy atom. The third-order valence-corrected chi connectivity index (χ3v) is 13.3. The highest BCUT2D eigenvalue weighted by Gasteiger charge is 2.53. The van der Waals surface area contributed by atoms with E-state index in [1.165, 1.54) is 31.4 Å². The number of thiophene rings is 1. The van der Waals surface area contributed by atoms with E-state index in [1.807, 2.05) is 11.0 Å².